The van der Waals surface area contributed by atoms with Crippen LogP contribution in [0.1, 0.15) is 34.4 Å². The van der Waals surface area contributed by atoms with Crippen LogP contribution in [0.3, 0.4) is 0 Å². The lowest BCUT2D eigenvalue weighted by atomic mass is 10.1. The van der Waals surface area contributed by atoms with Crippen LogP contribution in [0, 0.1) is 6.92 Å². The Morgan fingerprint density at radius 2 is 2.00 bits per heavy atom. The number of aryl methyl sites for hydroxylation is 2. The van der Waals surface area contributed by atoms with Gasteiger partial charge < -0.3 is 9.67 Å². The van der Waals surface area contributed by atoms with Crippen LogP contribution >= 0.6 is 0 Å². The molecule has 0 fully saturated rings. The molecule has 0 bridgehead atoms. The second-order valence-electron chi connectivity index (χ2n) is 4.24. The van der Waals surface area contributed by atoms with E-state index in [4.69, 9.17) is 5.11 Å². The molecule has 94 valence electrons. The van der Waals surface area contributed by atoms with Crippen molar-refractivity contribution in [3.63, 3.8) is 0 Å². The first-order valence-electron chi connectivity index (χ1n) is 5.95. The Bertz CT molecular complexity index is 556. The Hall–Kier alpha value is -2.10. The molecule has 2 rings (SSSR count). The highest BCUT2D eigenvalue weighted by atomic mass is 16.4. The minimum absolute atomic E-state index is 0.316. The van der Waals surface area contributed by atoms with Crippen molar-refractivity contribution in [3.8, 4) is 0 Å². The molecule has 0 saturated carbocycles. The summed E-state index contributed by atoms with van der Waals surface area (Å²) in [6.07, 6.45) is 2.83. The molecular formula is C14H16N2O2. The van der Waals surface area contributed by atoms with Gasteiger partial charge in [0.15, 0.2) is 0 Å². The Labute approximate surface area is 106 Å². The van der Waals surface area contributed by atoms with Gasteiger partial charge in [-0.05, 0) is 31.0 Å². The topological polar surface area (TPSA) is 55.1 Å². The Morgan fingerprint density at radius 3 is 2.56 bits per heavy atom. The largest absolute Gasteiger partial charge is 0.478 e. The summed E-state index contributed by atoms with van der Waals surface area (Å²) in [5.41, 5.74) is 2.59. The molecule has 1 heterocycles. The van der Waals surface area contributed by atoms with E-state index in [2.05, 4.69) is 16.5 Å². The van der Waals surface area contributed by atoms with E-state index >= 15 is 0 Å². The number of carbonyl (C=O) groups is 1. The van der Waals surface area contributed by atoms with Crippen LogP contribution < -0.4 is 0 Å². The van der Waals surface area contributed by atoms with Gasteiger partial charge in [-0.2, -0.15) is 0 Å². The fourth-order valence-electron chi connectivity index (χ4n) is 1.95. The first-order valence-corrected chi connectivity index (χ1v) is 5.95. The normalized spacial score (nSPS) is 10.6. The fraction of sp³-hybridized carbons (Fsp3) is 0.286. The molecule has 1 aromatic heterocycles. The summed E-state index contributed by atoms with van der Waals surface area (Å²) in [6, 6.07) is 6.97. The van der Waals surface area contributed by atoms with E-state index in [9.17, 15) is 4.79 Å². The van der Waals surface area contributed by atoms with Crippen LogP contribution in [0.4, 0.5) is 0 Å². The summed E-state index contributed by atoms with van der Waals surface area (Å²) in [5.74, 6) is 0.0868. The monoisotopic (exact) mass is 244 g/mol. The molecule has 4 heteroatoms. The fourth-order valence-corrected chi connectivity index (χ4v) is 1.95. The van der Waals surface area contributed by atoms with Gasteiger partial charge >= 0.3 is 5.97 Å². The van der Waals surface area contributed by atoms with Gasteiger partial charge in [0.2, 0.25) is 0 Å². The molecule has 1 aromatic carbocycles. The molecule has 0 amide bonds. The van der Waals surface area contributed by atoms with E-state index in [1.165, 1.54) is 5.69 Å². The number of rotatable bonds is 4. The molecule has 0 aliphatic heterocycles. The van der Waals surface area contributed by atoms with Gasteiger partial charge in [-0.15, -0.1) is 0 Å². The van der Waals surface area contributed by atoms with Gasteiger partial charge in [0.25, 0.3) is 0 Å². The number of aromatic nitrogens is 2. The van der Waals surface area contributed by atoms with Crippen molar-refractivity contribution < 1.29 is 9.90 Å². The number of nitrogens with zero attached hydrogens (tertiary/aromatic N) is 2. The summed E-state index contributed by atoms with van der Waals surface area (Å²) in [6.45, 7) is 4.81. The number of carboxylic acids is 1. The van der Waals surface area contributed by atoms with Crippen LogP contribution in [-0.4, -0.2) is 20.6 Å². The number of aromatic carboxylic acids is 1. The molecule has 0 spiro atoms. The standard InChI is InChI=1S/C14H16N2O2/c1-3-13-8-15-10(2)16(13)9-11-4-6-12(7-5-11)14(17)18/h4-8H,3,9H2,1-2H3,(H,17,18). The summed E-state index contributed by atoms with van der Waals surface area (Å²) in [7, 11) is 0. The van der Waals surface area contributed by atoms with E-state index < -0.39 is 5.97 Å². The lowest BCUT2D eigenvalue weighted by molar-refractivity contribution is 0.0697. The van der Waals surface area contributed by atoms with Crippen molar-refractivity contribution in [1.82, 2.24) is 9.55 Å². The second kappa shape index (κ2) is 5.04. The highest BCUT2D eigenvalue weighted by Crippen LogP contribution is 2.11. The third-order valence-electron chi connectivity index (χ3n) is 3.04. The minimum Gasteiger partial charge on any atom is -0.478 e. The van der Waals surface area contributed by atoms with Crippen molar-refractivity contribution in [3.05, 3.63) is 53.1 Å². The van der Waals surface area contributed by atoms with Crippen molar-refractivity contribution in [2.45, 2.75) is 26.8 Å². The minimum atomic E-state index is -0.894. The quantitative estimate of drug-likeness (QED) is 0.899. The molecule has 0 radical (unpaired) electrons. The summed E-state index contributed by atoms with van der Waals surface area (Å²) >= 11 is 0. The number of carboxylic acid groups (broad SMARTS) is 1. The van der Waals surface area contributed by atoms with Gasteiger partial charge in [-0.25, -0.2) is 9.78 Å². The molecule has 0 unspecified atom stereocenters. The van der Waals surface area contributed by atoms with Crippen LogP contribution in [0.2, 0.25) is 0 Å². The molecule has 1 N–H and O–H groups in total. The average Bonchev–Trinajstić information content (AvgIpc) is 2.71. The zero-order valence-electron chi connectivity index (χ0n) is 10.6. The van der Waals surface area contributed by atoms with E-state index in [1.54, 1.807) is 12.1 Å². The van der Waals surface area contributed by atoms with Gasteiger partial charge in [0, 0.05) is 18.4 Å². The Morgan fingerprint density at radius 1 is 1.33 bits per heavy atom. The predicted octanol–water partition coefficient (Wildman–Crippen LogP) is 2.50. The molecule has 4 nitrogen and oxygen atoms in total. The maximum absolute atomic E-state index is 10.8. The molecule has 2 aromatic rings. The van der Waals surface area contributed by atoms with Gasteiger partial charge in [0.1, 0.15) is 5.82 Å². The third kappa shape index (κ3) is 2.42. The molecule has 0 aliphatic rings. The number of imidazole rings is 1. The first kappa shape index (κ1) is 12.4. The maximum atomic E-state index is 10.8. The lowest BCUT2D eigenvalue weighted by Gasteiger charge is -2.09. The van der Waals surface area contributed by atoms with E-state index in [0.29, 0.717) is 5.56 Å². The molecular weight excluding hydrogens is 228 g/mol. The lowest BCUT2D eigenvalue weighted by Crippen LogP contribution is -2.06. The Kier molecular flexibility index (Phi) is 3.46. The number of benzene rings is 1. The van der Waals surface area contributed by atoms with Crippen molar-refractivity contribution in [2.75, 3.05) is 0 Å². The van der Waals surface area contributed by atoms with Gasteiger partial charge in [-0.3, -0.25) is 0 Å². The van der Waals surface area contributed by atoms with Crippen LogP contribution in [0.25, 0.3) is 0 Å². The Balaban J connectivity index is 2.23. The third-order valence-corrected chi connectivity index (χ3v) is 3.04. The van der Waals surface area contributed by atoms with E-state index in [0.717, 1.165) is 24.4 Å². The zero-order chi connectivity index (χ0) is 13.1. The van der Waals surface area contributed by atoms with Crippen molar-refractivity contribution >= 4 is 5.97 Å². The van der Waals surface area contributed by atoms with Gasteiger partial charge in [0.05, 0.1) is 5.56 Å². The van der Waals surface area contributed by atoms with Crippen LogP contribution in [-0.2, 0) is 13.0 Å². The molecule has 18 heavy (non-hydrogen) atoms. The SMILES string of the molecule is CCc1cnc(C)n1Cc1ccc(C(=O)O)cc1. The maximum Gasteiger partial charge on any atom is 0.335 e. The first-order chi connectivity index (χ1) is 8.61. The summed E-state index contributed by atoms with van der Waals surface area (Å²) in [4.78, 5) is 15.1. The molecule has 0 atom stereocenters. The number of hydrogen-bond acceptors (Lipinski definition) is 2. The van der Waals surface area contributed by atoms with Crippen LogP contribution in [0.5, 0.6) is 0 Å². The highest BCUT2D eigenvalue weighted by molar-refractivity contribution is 5.87. The van der Waals surface area contributed by atoms with Crippen LogP contribution in [0.15, 0.2) is 30.5 Å². The van der Waals surface area contributed by atoms with Gasteiger partial charge in [-0.1, -0.05) is 19.1 Å². The molecule has 0 saturated heterocycles. The van der Waals surface area contributed by atoms with E-state index in [-0.39, 0.29) is 0 Å². The van der Waals surface area contributed by atoms with Crippen molar-refractivity contribution in [2.24, 2.45) is 0 Å². The zero-order valence-corrected chi connectivity index (χ0v) is 10.6. The smallest absolute Gasteiger partial charge is 0.335 e. The van der Waals surface area contributed by atoms with E-state index in [1.807, 2.05) is 25.3 Å². The molecule has 0 aliphatic carbocycles. The summed E-state index contributed by atoms with van der Waals surface area (Å²) < 4.78 is 2.15. The summed E-state index contributed by atoms with van der Waals surface area (Å²) in [5, 5.41) is 8.84. The highest BCUT2D eigenvalue weighted by Gasteiger charge is 2.06. The average molecular weight is 244 g/mol. The predicted molar refractivity (Wildman–Crippen MR) is 68.8 cm³/mol. The van der Waals surface area contributed by atoms with Crippen molar-refractivity contribution in [1.29, 1.82) is 0 Å². The second-order valence-corrected chi connectivity index (χ2v) is 4.24. The number of hydrogen-bond donors (Lipinski definition) is 1.